The third kappa shape index (κ3) is 3.71. The van der Waals surface area contributed by atoms with Gasteiger partial charge >= 0.3 is 0 Å². The molecule has 1 atom stereocenters. The largest absolute Gasteiger partial charge is 0.355 e. The minimum absolute atomic E-state index is 0.0152. The summed E-state index contributed by atoms with van der Waals surface area (Å²) in [6.07, 6.45) is 4.55. The Bertz CT molecular complexity index is 321. The van der Waals surface area contributed by atoms with Gasteiger partial charge in [0.05, 0.1) is 6.20 Å². The molecule has 0 radical (unpaired) electrons. The fourth-order valence-electron chi connectivity index (χ4n) is 1.21. The van der Waals surface area contributed by atoms with E-state index in [4.69, 9.17) is 5.73 Å². The van der Waals surface area contributed by atoms with Crippen LogP contribution in [0.1, 0.15) is 12.5 Å². The summed E-state index contributed by atoms with van der Waals surface area (Å²) in [5.74, 6) is -0.0970. The molecule has 0 aliphatic rings. The van der Waals surface area contributed by atoms with Crippen molar-refractivity contribution in [3.05, 3.63) is 18.0 Å². The highest BCUT2D eigenvalue weighted by atomic mass is 16.1. The van der Waals surface area contributed by atoms with E-state index in [9.17, 15) is 4.79 Å². The molecule has 1 amide bonds. The number of hydrogen-bond acceptors (Lipinski definition) is 3. The van der Waals surface area contributed by atoms with Crippen LogP contribution in [0.3, 0.4) is 0 Å². The fraction of sp³-hybridized carbons (Fsp3) is 0.600. The first-order chi connectivity index (χ1) is 7.13. The Morgan fingerprint density at radius 2 is 2.47 bits per heavy atom. The van der Waals surface area contributed by atoms with Crippen LogP contribution < -0.4 is 11.1 Å². The van der Waals surface area contributed by atoms with Crippen LogP contribution in [0.25, 0.3) is 0 Å². The average Bonchev–Trinajstić information content (AvgIpc) is 2.63. The molecule has 0 saturated carbocycles. The predicted molar refractivity (Wildman–Crippen MR) is 58.1 cm³/mol. The van der Waals surface area contributed by atoms with Gasteiger partial charge in [0, 0.05) is 32.3 Å². The Balaban J connectivity index is 2.24. The Morgan fingerprint density at radius 3 is 3.00 bits per heavy atom. The second-order valence-corrected chi connectivity index (χ2v) is 3.70. The van der Waals surface area contributed by atoms with Gasteiger partial charge in [-0.2, -0.15) is 5.10 Å². The van der Waals surface area contributed by atoms with Gasteiger partial charge in [0.15, 0.2) is 0 Å². The molecule has 0 aliphatic heterocycles. The van der Waals surface area contributed by atoms with Crippen LogP contribution in [0.5, 0.6) is 0 Å². The molecule has 0 spiro atoms. The Hall–Kier alpha value is -1.36. The van der Waals surface area contributed by atoms with Crippen molar-refractivity contribution in [2.75, 3.05) is 13.1 Å². The highest BCUT2D eigenvalue weighted by Crippen LogP contribution is 1.97. The summed E-state index contributed by atoms with van der Waals surface area (Å²) in [5, 5.41) is 6.88. The van der Waals surface area contributed by atoms with E-state index < -0.39 is 0 Å². The summed E-state index contributed by atoms with van der Waals surface area (Å²) in [6, 6.07) is 0. The fourth-order valence-corrected chi connectivity index (χ4v) is 1.21. The monoisotopic (exact) mass is 210 g/mol. The molecular weight excluding hydrogens is 192 g/mol. The highest BCUT2D eigenvalue weighted by molar-refractivity contribution is 5.78. The van der Waals surface area contributed by atoms with E-state index >= 15 is 0 Å². The number of amides is 1. The van der Waals surface area contributed by atoms with Gasteiger partial charge in [0.1, 0.15) is 0 Å². The van der Waals surface area contributed by atoms with E-state index in [0.29, 0.717) is 13.1 Å². The molecule has 15 heavy (non-hydrogen) atoms. The van der Waals surface area contributed by atoms with E-state index in [1.165, 1.54) is 0 Å². The smallest absolute Gasteiger partial charge is 0.224 e. The molecule has 0 fully saturated rings. The number of nitrogens with zero attached hydrogens (tertiary/aromatic N) is 2. The second-order valence-electron chi connectivity index (χ2n) is 3.70. The molecule has 3 N–H and O–H groups in total. The first-order valence-electron chi connectivity index (χ1n) is 5.08. The van der Waals surface area contributed by atoms with Gasteiger partial charge in [-0.1, -0.05) is 6.92 Å². The van der Waals surface area contributed by atoms with E-state index in [2.05, 4.69) is 10.4 Å². The summed E-state index contributed by atoms with van der Waals surface area (Å²) in [5.41, 5.74) is 6.51. The number of carbonyl (C=O) groups excluding carboxylic acids is 1. The van der Waals surface area contributed by atoms with Crippen molar-refractivity contribution in [1.82, 2.24) is 15.1 Å². The van der Waals surface area contributed by atoms with Gasteiger partial charge in [-0.25, -0.2) is 0 Å². The van der Waals surface area contributed by atoms with Crippen LogP contribution in [0.15, 0.2) is 12.4 Å². The zero-order valence-electron chi connectivity index (χ0n) is 9.23. The van der Waals surface area contributed by atoms with Crippen molar-refractivity contribution in [3.63, 3.8) is 0 Å². The van der Waals surface area contributed by atoms with Crippen LogP contribution in [-0.2, 0) is 18.3 Å². The SMILES string of the molecule is CC(CN)C(=O)NCCc1cnn(C)c1. The van der Waals surface area contributed by atoms with Gasteiger partial charge < -0.3 is 11.1 Å². The maximum atomic E-state index is 11.4. The lowest BCUT2D eigenvalue weighted by Gasteiger charge is -2.08. The van der Waals surface area contributed by atoms with Gasteiger partial charge in [-0.3, -0.25) is 9.48 Å². The van der Waals surface area contributed by atoms with Crippen LogP contribution in [0.4, 0.5) is 0 Å². The number of carbonyl (C=O) groups is 1. The zero-order valence-corrected chi connectivity index (χ0v) is 9.23. The van der Waals surface area contributed by atoms with Gasteiger partial charge in [0.25, 0.3) is 0 Å². The Labute approximate surface area is 89.6 Å². The summed E-state index contributed by atoms with van der Waals surface area (Å²) < 4.78 is 1.75. The maximum Gasteiger partial charge on any atom is 0.224 e. The number of hydrogen-bond donors (Lipinski definition) is 2. The van der Waals surface area contributed by atoms with Crippen molar-refractivity contribution in [2.45, 2.75) is 13.3 Å². The predicted octanol–water partition coefficient (Wildman–Crippen LogP) is -0.326. The number of nitrogens with two attached hydrogens (primary N) is 1. The maximum absolute atomic E-state index is 11.4. The normalized spacial score (nSPS) is 12.5. The lowest BCUT2D eigenvalue weighted by atomic mass is 10.1. The molecule has 0 aliphatic carbocycles. The number of nitrogens with one attached hydrogen (secondary N) is 1. The lowest BCUT2D eigenvalue weighted by Crippen LogP contribution is -2.34. The first kappa shape index (κ1) is 11.7. The molecule has 1 rings (SSSR count). The van der Waals surface area contributed by atoms with E-state index in [1.807, 2.05) is 20.2 Å². The minimum atomic E-state index is -0.112. The minimum Gasteiger partial charge on any atom is -0.355 e. The molecule has 0 bridgehead atoms. The number of rotatable bonds is 5. The Morgan fingerprint density at radius 1 is 1.73 bits per heavy atom. The molecule has 1 aromatic rings. The average molecular weight is 210 g/mol. The summed E-state index contributed by atoms with van der Waals surface area (Å²) in [6.45, 7) is 2.84. The third-order valence-corrected chi connectivity index (χ3v) is 2.27. The van der Waals surface area contributed by atoms with Crippen molar-refractivity contribution < 1.29 is 4.79 Å². The molecular formula is C10H18N4O. The van der Waals surface area contributed by atoms with Crippen molar-refractivity contribution in [1.29, 1.82) is 0 Å². The molecule has 84 valence electrons. The van der Waals surface area contributed by atoms with E-state index in [1.54, 1.807) is 10.9 Å². The van der Waals surface area contributed by atoms with Crippen molar-refractivity contribution >= 4 is 5.91 Å². The van der Waals surface area contributed by atoms with Crippen molar-refractivity contribution in [2.24, 2.45) is 18.7 Å². The second kappa shape index (κ2) is 5.50. The molecule has 1 aromatic heterocycles. The molecule has 5 heteroatoms. The van der Waals surface area contributed by atoms with E-state index in [0.717, 1.165) is 12.0 Å². The van der Waals surface area contributed by atoms with Crippen LogP contribution >= 0.6 is 0 Å². The lowest BCUT2D eigenvalue weighted by molar-refractivity contribution is -0.124. The standard InChI is InChI=1S/C10H18N4O/c1-8(5-11)10(15)12-4-3-9-6-13-14(2)7-9/h6-8H,3-5,11H2,1-2H3,(H,12,15). The van der Waals surface area contributed by atoms with Crippen LogP contribution in [0, 0.1) is 5.92 Å². The van der Waals surface area contributed by atoms with Gasteiger partial charge in [0.2, 0.25) is 5.91 Å². The summed E-state index contributed by atoms with van der Waals surface area (Å²) >= 11 is 0. The zero-order chi connectivity index (χ0) is 11.3. The molecule has 0 aromatic carbocycles. The third-order valence-electron chi connectivity index (χ3n) is 2.27. The number of aryl methyl sites for hydroxylation is 1. The van der Waals surface area contributed by atoms with Crippen molar-refractivity contribution in [3.8, 4) is 0 Å². The molecule has 5 nitrogen and oxygen atoms in total. The summed E-state index contributed by atoms with van der Waals surface area (Å²) in [4.78, 5) is 11.4. The van der Waals surface area contributed by atoms with Crippen LogP contribution in [0.2, 0.25) is 0 Å². The topological polar surface area (TPSA) is 72.9 Å². The van der Waals surface area contributed by atoms with Gasteiger partial charge in [-0.15, -0.1) is 0 Å². The number of aromatic nitrogens is 2. The quantitative estimate of drug-likeness (QED) is 0.699. The molecule has 1 heterocycles. The highest BCUT2D eigenvalue weighted by Gasteiger charge is 2.09. The molecule has 1 unspecified atom stereocenters. The Kier molecular flexibility index (Phi) is 4.30. The first-order valence-corrected chi connectivity index (χ1v) is 5.08. The summed E-state index contributed by atoms with van der Waals surface area (Å²) in [7, 11) is 1.87. The van der Waals surface area contributed by atoms with Crippen LogP contribution in [-0.4, -0.2) is 28.8 Å². The molecule has 0 saturated heterocycles. The van der Waals surface area contributed by atoms with E-state index in [-0.39, 0.29) is 11.8 Å². The van der Waals surface area contributed by atoms with Gasteiger partial charge in [-0.05, 0) is 12.0 Å².